The van der Waals surface area contributed by atoms with Crippen LogP contribution in [0.2, 0.25) is 0 Å². The van der Waals surface area contributed by atoms with Gasteiger partial charge in [-0.3, -0.25) is 9.69 Å². The Morgan fingerprint density at radius 3 is 2.91 bits per heavy atom. The topological polar surface area (TPSA) is 72.3 Å². The summed E-state index contributed by atoms with van der Waals surface area (Å²) < 4.78 is 0. The number of nitrogens with two attached hydrogens (primary N) is 2. The van der Waals surface area contributed by atoms with E-state index in [1.807, 2.05) is 0 Å². The highest BCUT2D eigenvalue weighted by Gasteiger charge is 2.27. The van der Waals surface area contributed by atoms with Gasteiger partial charge in [0.25, 0.3) is 0 Å². The second-order valence-electron chi connectivity index (χ2n) is 2.89. The summed E-state index contributed by atoms with van der Waals surface area (Å²) in [6.07, 6.45) is 1.96. The summed E-state index contributed by atoms with van der Waals surface area (Å²) in [5, 5.41) is 0. The van der Waals surface area contributed by atoms with Crippen molar-refractivity contribution < 1.29 is 4.79 Å². The van der Waals surface area contributed by atoms with Crippen LogP contribution in [0.5, 0.6) is 0 Å². The van der Waals surface area contributed by atoms with Gasteiger partial charge in [0.05, 0.1) is 6.04 Å². The molecule has 1 amide bonds. The normalized spacial score (nSPS) is 25.7. The SMILES string of the molecule is NCCN1CCC[C@@H]1C(N)=O. The monoisotopic (exact) mass is 157 g/mol. The van der Waals surface area contributed by atoms with Crippen molar-refractivity contribution in [2.24, 2.45) is 11.5 Å². The van der Waals surface area contributed by atoms with E-state index in [0.29, 0.717) is 6.54 Å². The van der Waals surface area contributed by atoms with Crippen LogP contribution in [0.25, 0.3) is 0 Å². The maximum absolute atomic E-state index is 10.8. The maximum Gasteiger partial charge on any atom is 0.234 e. The molecule has 1 atom stereocenters. The molecule has 1 saturated heterocycles. The number of likely N-dealkylation sites (tertiary alicyclic amines) is 1. The van der Waals surface area contributed by atoms with Gasteiger partial charge in [-0.25, -0.2) is 0 Å². The van der Waals surface area contributed by atoms with Gasteiger partial charge < -0.3 is 11.5 Å². The van der Waals surface area contributed by atoms with Crippen LogP contribution in [0.4, 0.5) is 0 Å². The number of hydrogen-bond donors (Lipinski definition) is 2. The smallest absolute Gasteiger partial charge is 0.234 e. The van der Waals surface area contributed by atoms with Crippen molar-refractivity contribution in [3.63, 3.8) is 0 Å². The van der Waals surface area contributed by atoms with E-state index in [9.17, 15) is 4.79 Å². The average Bonchev–Trinajstić information content (AvgIpc) is 2.36. The fourth-order valence-electron chi connectivity index (χ4n) is 1.58. The van der Waals surface area contributed by atoms with E-state index in [4.69, 9.17) is 11.5 Å². The van der Waals surface area contributed by atoms with E-state index in [1.54, 1.807) is 0 Å². The molecule has 1 fully saturated rings. The van der Waals surface area contributed by atoms with Crippen LogP contribution < -0.4 is 11.5 Å². The van der Waals surface area contributed by atoms with Crippen LogP contribution in [0, 0.1) is 0 Å². The van der Waals surface area contributed by atoms with Crippen LogP contribution in [0.3, 0.4) is 0 Å². The molecule has 0 spiro atoms. The van der Waals surface area contributed by atoms with Crippen molar-refractivity contribution in [3.05, 3.63) is 0 Å². The van der Waals surface area contributed by atoms with Gasteiger partial charge in [-0.1, -0.05) is 0 Å². The van der Waals surface area contributed by atoms with Crippen molar-refractivity contribution in [1.82, 2.24) is 4.90 Å². The number of hydrogen-bond acceptors (Lipinski definition) is 3. The molecule has 0 bridgehead atoms. The number of primary amides is 1. The lowest BCUT2D eigenvalue weighted by Crippen LogP contribution is -2.42. The fourth-order valence-corrected chi connectivity index (χ4v) is 1.58. The van der Waals surface area contributed by atoms with E-state index >= 15 is 0 Å². The Kier molecular flexibility index (Phi) is 2.84. The molecule has 0 aliphatic carbocycles. The molecular formula is C7H15N3O. The van der Waals surface area contributed by atoms with Crippen LogP contribution >= 0.6 is 0 Å². The lowest BCUT2D eigenvalue weighted by Gasteiger charge is -2.20. The van der Waals surface area contributed by atoms with Gasteiger partial charge in [0.1, 0.15) is 0 Å². The molecule has 11 heavy (non-hydrogen) atoms. The lowest BCUT2D eigenvalue weighted by molar-refractivity contribution is -0.122. The van der Waals surface area contributed by atoms with Gasteiger partial charge >= 0.3 is 0 Å². The predicted molar refractivity (Wildman–Crippen MR) is 42.8 cm³/mol. The fraction of sp³-hybridized carbons (Fsp3) is 0.857. The molecule has 1 rings (SSSR count). The lowest BCUT2D eigenvalue weighted by atomic mass is 10.2. The van der Waals surface area contributed by atoms with Gasteiger partial charge in [0, 0.05) is 13.1 Å². The van der Waals surface area contributed by atoms with Crippen molar-refractivity contribution >= 4 is 5.91 Å². The van der Waals surface area contributed by atoms with Crippen LogP contribution in [-0.2, 0) is 4.79 Å². The van der Waals surface area contributed by atoms with Crippen molar-refractivity contribution in [2.75, 3.05) is 19.6 Å². The van der Waals surface area contributed by atoms with Gasteiger partial charge in [0.2, 0.25) is 5.91 Å². The Bertz CT molecular complexity index is 149. The molecule has 0 aromatic carbocycles. The molecule has 1 aliphatic heterocycles. The Morgan fingerprint density at radius 2 is 2.36 bits per heavy atom. The van der Waals surface area contributed by atoms with Crippen molar-refractivity contribution in [2.45, 2.75) is 18.9 Å². The molecule has 1 heterocycles. The molecule has 1 aliphatic rings. The molecule has 4 heteroatoms. The van der Waals surface area contributed by atoms with Gasteiger partial charge in [0.15, 0.2) is 0 Å². The van der Waals surface area contributed by atoms with E-state index in [-0.39, 0.29) is 11.9 Å². The minimum absolute atomic E-state index is 0.0569. The molecular weight excluding hydrogens is 142 g/mol. The highest BCUT2D eigenvalue weighted by atomic mass is 16.1. The standard InChI is InChI=1S/C7H15N3O/c8-3-5-10-4-1-2-6(10)7(9)11/h6H,1-5,8H2,(H2,9,11)/t6-/m1/s1. The van der Waals surface area contributed by atoms with Crippen molar-refractivity contribution in [3.8, 4) is 0 Å². The number of amides is 1. The summed E-state index contributed by atoms with van der Waals surface area (Å²) in [6.45, 7) is 2.35. The second kappa shape index (κ2) is 3.69. The Hall–Kier alpha value is -0.610. The highest BCUT2D eigenvalue weighted by Crippen LogP contribution is 2.15. The van der Waals surface area contributed by atoms with E-state index < -0.39 is 0 Å². The van der Waals surface area contributed by atoms with Gasteiger partial charge in [-0.05, 0) is 19.4 Å². The minimum Gasteiger partial charge on any atom is -0.368 e. The predicted octanol–water partition coefficient (Wildman–Crippen LogP) is -1.11. The summed E-state index contributed by atoms with van der Waals surface area (Å²) in [5.41, 5.74) is 10.6. The van der Waals surface area contributed by atoms with Gasteiger partial charge in [-0.2, -0.15) is 0 Å². The maximum atomic E-state index is 10.8. The molecule has 0 aromatic rings. The summed E-state index contributed by atoms with van der Waals surface area (Å²) in [7, 11) is 0. The number of nitrogens with zero attached hydrogens (tertiary/aromatic N) is 1. The third-order valence-electron chi connectivity index (χ3n) is 2.11. The molecule has 0 aromatic heterocycles. The average molecular weight is 157 g/mol. The zero-order chi connectivity index (χ0) is 8.27. The highest BCUT2D eigenvalue weighted by molar-refractivity contribution is 5.80. The van der Waals surface area contributed by atoms with Gasteiger partial charge in [-0.15, -0.1) is 0 Å². The first-order chi connectivity index (χ1) is 5.25. The first-order valence-corrected chi connectivity index (χ1v) is 3.99. The Labute approximate surface area is 66.5 Å². The van der Waals surface area contributed by atoms with E-state index in [2.05, 4.69) is 4.90 Å². The Morgan fingerprint density at radius 1 is 1.64 bits per heavy atom. The number of carbonyl (C=O) groups excluding carboxylic acids is 1. The summed E-state index contributed by atoms with van der Waals surface area (Å²) in [6, 6.07) is -0.0569. The molecule has 0 unspecified atom stereocenters. The first-order valence-electron chi connectivity index (χ1n) is 3.99. The number of rotatable bonds is 3. The summed E-state index contributed by atoms with van der Waals surface area (Å²) in [5.74, 6) is -0.212. The quantitative estimate of drug-likeness (QED) is 0.546. The molecule has 4 nitrogen and oxygen atoms in total. The third kappa shape index (κ3) is 1.91. The zero-order valence-electron chi connectivity index (χ0n) is 6.62. The van der Waals surface area contributed by atoms with Crippen LogP contribution in [-0.4, -0.2) is 36.5 Å². The first kappa shape index (κ1) is 8.49. The molecule has 4 N–H and O–H groups in total. The van der Waals surface area contributed by atoms with Crippen molar-refractivity contribution in [1.29, 1.82) is 0 Å². The largest absolute Gasteiger partial charge is 0.368 e. The molecule has 0 radical (unpaired) electrons. The Balaban J connectivity index is 2.44. The second-order valence-corrected chi connectivity index (χ2v) is 2.89. The van der Waals surface area contributed by atoms with Crippen LogP contribution in [0.1, 0.15) is 12.8 Å². The van der Waals surface area contributed by atoms with E-state index in [0.717, 1.165) is 25.9 Å². The summed E-state index contributed by atoms with van der Waals surface area (Å²) in [4.78, 5) is 12.9. The zero-order valence-corrected chi connectivity index (χ0v) is 6.62. The van der Waals surface area contributed by atoms with E-state index in [1.165, 1.54) is 0 Å². The van der Waals surface area contributed by atoms with Crippen LogP contribution in [0.15, 0.2) is 0 Å². The third-order valence-corrected chi connectivity index (χ3v) is 2.11. The molecule has 0 saturated carbocycles. The molecule has 64 valence electrons. The number of carbonyl (C=O) groups is 1. The minimum atomic E-state index is -0.212. The summed E-state index contributed by atoms with van der Waals surface area (Å²) >= 11 is 0.